The summed E-state index contributed by atoms with van der Waals surface area (Å²) in [6.45, 7) is 3.78. The largest absolute Gasteiger partial charge is 1.00 e. The van der Waals surface area contributed by atoms with E-state index in [1.807, 2.05) is 18.4 Å². The van der Waals surface area contributed by atoms with E-state index in [0.29, 0.717) is 38.7 Å². The number of nitrogens with one attached hydrogen (secondary N) is 1. The van der Waals surface area contributed by atoms with Gasteiger partial charge >= 0.3 is 29.6 Å². The molecule has 0 radical (unpaired) electrons. The molecule has 7 nitrogen and oxygen atoms in total. The van der Waals surface area contributed by atoms with Crippen LogP contribution in [0, 0.1) is 11.6 Å². The van der Waals surface area contributed by atoms with Crippen molar-refractivity contribution in [2.75, 3.05) is 5.32 Å². The van der Waals surface area contributed by atoms with Gasteiger partial charge in [0.15, 0.2) is 0 Å². The fourth-order valence-corrected chi connectivity index (χ4v) is 5.46. The van der Waals surface area contributed by atoms with E-state index in [-0.39, 0.29) is 60.6 Å². The second-order valence-corrected chi connectivity index (χ2v) is 11.1. The van der Waals surface area contributed by atoms with E-state index < -0.39 is 42.1 Å². The maximum atomic E-state index is 14.1. The normalized spacial score (nSPS) is 12.5. The predicted molar refractivity (Wildman–Crippen MR) is 160 cm³/mol. The van der Waals surface area contributed by atoms with E-state index >= 15 is 0 Å². The molecule has 0 spiro atoms. The van der Waals surface area contributed by atoms with Crippen LogP contribution in [0.5, 0.6) is 0 Å². The third-order valence-electron chi connectivity index (χ3n) is 7.05. The number of rotatable bonds is 12. The van der Waals surface area contributed by atoms with Crippen LogP contribution >= 0.6 is 11.6 Å². The summed E-state index contributed by atoms with van der Waals surface area (Å²) in [4.78, 5) is 25.0. The summed E-state index contributed by atoms with van der Waals surface area (Å²) in [7, 11) is 0. The zero-order valence-corrected chi connectivity index (χ0v) is 27.4. The van der Waals surface area contributed by atoms with Crippen LogP contribution in [0.3, 0.4) is 0 Å². The number of aliphatic hydroxyl groups is 2. The Morgan fingerprint density at radius 2 is 1.48 bits per heavy atom. The Morgan fingerprint density at radius 1 is 0.909 bits per heavy atom. The van der Waals surface area contributed by atoms with Crippen LogP contribution in [0.1, 0.15) is 55.3 Å². The molecule has 1 aromatic heterocycles. The van der Waals surface area contributed by atoms with Gasteiger partial charge in [-0.3, -0.25) is 4.79 Å². The summed E-state index contributed by atoms with van der Waals surface area (Å²) in [5, 5.41) is 34.9. The third kappa shape index (κ3) is 8.78. The summed E-state index contributed by atoms with van der Waals surface area (Å²) in [6.07, 6.45) is -2.82. The van der Waals surface area contributed by atoms with E-state index in [1.54, 1.807) is 48.5 Å². The van der Waals surface area contributed by atoms with Crippen molar-refractivity contribution in [3.05, 3.63) is 101 Å². The van der Waals surface area contributed by atoms with Gasteiger partial charge < -0.3 is 30.0 Å². The van der Waals surface area contributed by atoms with Crippen molar-refractivity contribution in [1.29, 1.82) is 0 Å². The molecule has 2 atom stereocenters. The Balaban J connectivity index is 0.00000529. The molecule has 0 unspecified atom stereocenters. The van der Waals surface area contributed by atoms with Gasteiger partial charge in [0.25, 0.3) is 5.91 Å². The van der Waals surface area contributed by atoms with E-state index in [0.717, 1.165) is 0 Å². The maximum absolute atomic E-state index is 14.1. The van der Waals surface area contributed by atoms with Crippen LogP contribution in [0.15, 0.2) is 72.8 Å². The molecule has 0 saturated carbocycles. The van der Waals surface area contributed by atoms with Crippen LogP contribution < -0.4 is 40.0 Å². The maximum Gasteiger partial charge on any atom is 1.00 e. The molecule has 1 amide bonds. The molecule has 226 valence electrons. The Morgan fingerprint density at radius 3 is 2.00 bits per heavy atom. The van der Waals surface area contributed by atoms with Crippen molar-refractivity contribution in [3.8, 4) is 22.3 Å². The molecular weight excluding hydrogens is 601 g/mol. The van der Waals surface area contributed by atoms with Gasteiger partial charge in [0, 0.05) is 46.0 Å². The van der Waals surface area contributed by atoms with Gasteiger partial charge in [-0.15, -0.1) is 0 Å². The van der Waals surface area contributed by atoms with Crippen molar-refractivity contribution in [3.63, 3.8) is 0 Å². The van der Waals surface area contributed by atoms with Crippen molar-refractivity contribution in [2.45, 2.75) is 57.8 Å². The number of aliphatic carboxylic acids is 1. The van der Waals surface area contributed by atoms with E-state index in [2.05, 4.69) is 5.32 Å². The van der Waals surface area contributed by atoms with Gasteiger partial charge in [0.05, 0.1) is 12.2 Å². The Bertz CT molecular complexity index is 1590. The monoisotopic (exact) mass is 632 g/mol. The number of halogens is 3. The number of carboxylic acids is 1. The quantitative estimate of drug-likeness (QED) is 0.208. The second kappa shape index (κ2) is 15.8. The Kier molecular flexibility index (Phi) is 12.7. The average Bonchev–Trinajstić information content (AvgIpc) is 3.28. The van der Waals surface area contributed by atoms with Crippen molar-refractivity contribution in [1.82, 2.24) is 4.57 Å². The number of carboxylic acid groups (broad SMARTS) is 1. The van der Waals surface area contributed by atoms with E-state index in [4.69, 9.17) is 11.6 Å². The second-order valence-electron chi connectivity index (χ2n) is 10.6. The summed E-state index contributed by atoms with van der Waals surface area (Å²) in [5.41, 5.74) is 3.59. The fraction of sp³-hybridized carbons (Fsp3) is 0.273. The van der Waals surface area contributed by atoms with Crippen molar-refractivity contribution >= 4 is 29.2 Å². The van der Waals surface area contributed by atoms with Crippen LogP contribution in [0.2, 0.25) is 5.02 Å². The van der Waals surface area contributed by atoms with E-state index in [1.165, 1.54) is 24.3 Å². The molecule has 0 fully saturated rings. The molecule has 11 heteroatoms. The van der Waals surface area contributed by atoms with Crippen LogP contribution in [-0.2, 0) is 11.2 Å². The molecule has 44 heavy (non-hydrogen) atoms. The summed E-state index contributed by atoms with van der Waals surface area (Å²) in [5.74, 6) is -2.80. The molecule has 3 aromatic carbocycles. The number of aliphatic hydroxyl groups excluding tert-OH is 2. The standard InChI is InChI=1S/C33H33ClF2N2O5.Na/c1-19(2)38-28(15-14-26(39)17-27(40)18-29(41)42)30(20-6-10-23(35)11-7-20)31(21-8-12-24(36)13-9-21)32(38)33(43)37-25-5-3-4-22(34)16-25;/h3-13,16,19,26-27,39-40H,14-15,17-18H2,1-2H3,(H,37,43)(H,41,42);/q;+1/p-1/t26-,27-;/m1./s1. The average molecular weight is 633 g/mol. The number of nitrogens with zero attached hydrogens (tertiary/aromatic N) is 1. The number of hydrogen-bond acceptors (Lipinski definition) is 5. The van der Waals surface area contributed by atoms with Crippen molar-refractivity contribution in [2.24, 2.45) is 0 Å². The number of carbonyl (C=O) groups is 2. The SMILES string of the molecule is CC(C)n1c(CC[C@@H](O)C[C@@H](O)CC(=O)[O-])c(-c2ccc(F)cc2)c(-c2ccc(F)cc2)c1C(=O)Nc1cccc(Cl)c1.[Na+]. The summed E-state index contributed by atoms with van der Waals surface area (Å²) >= 11 is 6.15. The molecule has 0 aliphatic rings. The predicted octanol–water partition coefficient (Wildman–Crippen LogP) is 2.78. The number of aromatic nitrogens is 1. The minimum Gasteiger partial charge on any atom is -0.550 e. The number of benzene rings is 3. The van der Waals surface area contributed by atoms with Gasteiger partial charge in [-0.05, 0) is 86.7 Å². The molecular formula is C33H32ClF2N2NaO5. The molecule has 0 aliphatic heterocycles. The topological polar surface area (TPSA) is 115 Å². The van der Waals surface area contributed by atoms with Gasteiger partial charge in [0.1, 0.15) is 17.3 Å². The molecule has 1 heterocycles. The summed E-state index contributed by atoms with van der Waals surface area (Å²) in [6, 6.07) is 17.9. The van der Waals surface area contributed by atoms with Crippen molar-refractivity contribution < 1.29 is 63.2 Å². The molecule has 0 aliphatic carbocycles. The third-order valence-corrected chi connectivity index (χ3v) is 7.28. The van der Waals surface area contributed by atoms with Gasteiger partial charge in [-0.1, -0.05) is 41.9 Å². The first kappa shape index (κ1) is 35.4. The smallest absolute Gasteiger partial charge is 0.550 e. The Hall–Kier alpha value is -3.05. The summed E-state index contributed by atoms with van der Waals surface area (Å²) < 4.78 is 29.9. The van der Waals surface area contributed by atoms with Gasteiger partial charge in [-0.2, -0.15) is 0 Å². The molecule has 0 bridgehead atoms. The molecule has 0 saturated heterocycles. The van der Waals surface area contributed by atoms with Gasteiger partial charge in [0.2, 0.25) is 0 Å². The van der Waals surface area contributed by atoms with Gasteiger partial charge in [-0.25, -0.2) is 8.78 Å². The van der Waals surface area contributed by atoms with E-state index in [9.17, 15) is 33.7 Å². The number of carbonyl (C=O) groups excluding carboxylic acids is 2. The zero-order valence-electron chi connectivity index (χ0n) is 24.7. The minimum atomic E-state index is -1.42. The molecule has 4 aromatic rings. The first-order valence-electron chi connectivity index (χ1n) is 13.9. The zero-order chi connectivity index (χ0) is 31.3. The van der Waals surface area contributed by atoms with Crippen LogP contribution in [0.4, 0.5) is 14.5 Å². The fourth-order valence-electron chi connectivity index (χ4n) is 5.27. The number of anilines is 1. The Labute approximate surface area is 281 Å². The first-order valence-corrected chi connectivity index (χ1v) is 14.2. The molecule has 4 rings (SSSR count). The minimum absolute atomic E-state index is 0. The van der Waals surface area contributed by atoms with Crippen LogP contribution in [-0.4, -0.2) is 38.9 Å². The molecule has 3 N–H and O–H groups in total. The number of amides is 1. The number of hydrogen-bond donors (Lipinski definition) is 3. The van der Waals surface area contributed by atoms with Crippen LogP contribution in [0.25, 0.3) is 22.3 Å². The first-order chi connectivity index (χ1) is 20.4.